The summed E-state index contributed by atoms with van der Waals surface area (Å²) < 4.78 is 0. The minimum Gasteiger partial charge on any atom is -0.478 e. The lowest BCUT2D eigenvalue weighted by Gasteiger charge is -2.23. The summed E-state index contributed by atoms with van der Waals surface area (Å²) in [5.74, 6) is -1.72. The van der Waals surface area contributed by atoms with Gasteiger partial charge in [0.2, 0.25) is 0 Å². The van der Waals surface area contributed by atoms with Crippen molar-refractivity contribution in [1.82, 2.24) is 25.5 Å². The fourth-order valence-corrected chi connectivity index (χ4v) is 2.38. The minimum absolute atomic E-state index is 0.0151. The van der Waals surface area contributed by atoms with Crippen LogP contribution in [0.4, 0.5) is 0 Å². The molecule has 0 aromatic carbocycles. The lowest BCUT2D eigenvalue weighted by Crippen LogP contribution is -2.43. The lowest BCUT2D eigenvalue weighted by molar-refractivity contribution is -0.134. The Hall–Kier alpha value is -2.85. The number of fused-ring (bicyclic) bond motifs is 1. The van der Waals surface area contributed by atoms with Crippen molar-refractivity contribution in [2.45, 2.75) is 12.6 Å². The molecule has 1 atom stereocenters. The average molecular weight is 349 g/mol. The van der Waals surface area contributed by atoms with Crippen molar-refractivity contribution in [2.75, 3.05) is 26.7 Å². The Morgan fingerprint density at radius 3 is 2.52 bits per heavy atom. The zero-order valence-corrected chi connectivity index (χ0v) is 13.6. The van der Waals surface area contributed by atoms with Crippen LogP contribution in [0.2, 0.25) is 0 Å². The van der Waals surface area contributed by atoms with Crippen LogP contribution < -0.4 is 10.6 Å². The van der Waals surface area contributed by atoms with Gasteiger partial charge in [0.1, 0.15) is 5.82 Å². The zero-order valence-electron chi connectivity index (χ0n) is 13.6. The Labute approximate surface area is 143 Å². The highest BCUT2D eigenvalue weighted by atomic mass is 16.4. The van der Waals surface area contributed by atoms with Crippen LogP contribution in [0.25, 0.3) is 0 Å². The Balaban J connectivity index is 0.000000242. The molecule has 3 rings (SSSR count). The molecule has 25 heavy (non-hydrogen) atoms. The molecular formula is C15H19N5O5. The first-order valence-electron chi connectivity index (χ1n) is 7.57. The standard InChI is InChI=1S/C11H15N5O.C4H4O4/c1-16-6-9-7(11(16)17)4-14-10(15-9)8-5-12-2-3-13-8;5-3(6)1-2-4(7)8/h4,8,12-13H,2-3,5-6H2,1H3;1-2H,(H,5,6)(H,7,8)/b;2-1-. The van der Waals surface area contributed by atoms with Gasteiger partial charge in [-0.3, -0.25) is 4.79 Å². The fourth-order valence-electron chi connectivity index (χ4n) is 2.38. The summed E-state index contributed by atoms with van der Waals surface area (Å²) >= 11 is 0. The van der Waals surface area contributed by atoms with Crippen LogP contribution in [-0.2, 0) is 16.1 Å². The van der Waals surface area contributed by atoms with Crippen LogP contribution in [0.15, 0.2) is 18.3 Å². The largest absolute Gasteiger partial charge is 0.478 e. The number of carboxylic acids is 2. The molecule has 0 bridgehead atoms. The number of piperazine rings is 1. The van der Waals surface area contributed by atoms with E-state index in [0.717, 1.165) is 31.2 Å². The lowest BCUT2D eigenvalue weighted by atomic mass is 10.2. The van der Waals surface area contributed by atoms with Gasteiger partial charge in [0.25, 0.3) is 5.91 Å². The average Bonchev–Trinajstić information content (AvgIpc) is 2.88. The molecule has 10 nitrogen and oxygen atoms in total. The smallest absolute Gasteiger partial charge is 0.328 e. The third-order valence-corrected chi connectivity index (χ3v) is 3.57. The van der Waals surface area contributed by atoms with E-state index in [9.17, 15) is 14.4 Å². The van der Waals surface area contributed by atoms with E-state index in [4.69, 9.17) is 10.2 Å². The van der Waals surface area contributed by atoms with E-state index in [-0.39, 0.29) is 11.9 Å². The Bertz CT molecular complexity index is 684. The predicted octanol–water partition coefficient (Wildman–Crippen LogP) is -0.992. The van der Waals surface area contributed by atoms with Gasteiger partial charge in [0.15, 0.2) is 0 Å². The molecule has 0 aliphatic carbocycles. The topological polar surface area (TPSA) is 145 Å². The fraction of sp³-hybridized carbons (Fsp3) is 0.400. The monoisotopic (exact) mass is 349 g/mol. The second-order valence-corrected chi connectivity index (χ2v) is 5.47. The molecule has 1 amide bonds. The first-order valence-corrected chi connectivity index (χ1v) is 7.57. The summed E-state index contributed by atoms with van der Waals surface area (Å²) in [7, 11) is 1.78. The second-order valence-electron chi connectivity index (χ2n) is 5.47. The van der Waals surface area contributed by atoms with Gasteiger partial charge in [-0.25, -0.2) is 19.6 Å². The molecule has 1 saturated heterocycles. The van der Waals surface area contributed by atoms with Crippen molar-refractivity contribution in [3.05, 3.63) is 35.4 Å². The maximum atomic E-state index is 11.7. The highest BCUT2D eigenvalue weighted by Gasteiger charge is 2.28. The molecule has 1 aromatic rings. The molecule has 1 aromatic heterocycles. The van der Waals surface area contributed by atoms with Crippen LogP contribution >= 0.6 is 0 Å². The van der Waals surface area contributed by atoms with Gasteiger partial charge in [0.05, 0.1) is 23.8 Å². The molecule has 10 heteroatoms. The van der Waals surface area contributed by atoms with Crippen molar-refractivity contribution in [1.29, 1.82) is 0 Å². The SMILES string of the molecule is CN1Cc2nc(C3CNCCN3)ncc2C1=O.O=C(O)/C=C\C(=O)O. The van der Waals surface area contributed by atoms with Gasteiger partial charge in [0, 0.05) is 45.0 Å². The third-order valence-electron chi connectivity index (χ3n) is 3.57. The van der Waals surface area contributed by atoms with Gasteiger partial charge in [-0.15, -0.1) is 0 Å². The van der Waals surface area contributed by atoms with E-state index < -0.39 is 11.9 Å². The second kappa shape index (κ2) is 8.31. The van der Waals surface area contributed by atoms with Crippen LogP contribution in [0.1, 0.15) is 27.9 Å². The molecule has 134 valence electrons. The van der Waals surface area contributed by atoms with E-state index in [0.29, 0.717) is 24.3 Å². The van der Waals surface area contributed by atoms with Crippen molar-refractivity contribution >= 4 is 17.8 Å². The van der Waals surface area contributed by atoms with Crippen molar-refractivity contribution in [3.63, 3.8) is 0 Å². The maximum absolute atomic E-state index is 11.7. The number of carboxylic acid groups (broad SMARTS) is 2. The highest BCUT2D eigenvalue weighted by Crippen LogP contribution is 2.20. The highest BCUT2D eigenvalue weighted by molar-refractivity contribution is 5.97. The molecule has 1 unspecified atom stereocenters. The van der Waals surface area contributed by atoms with Gasteiger partial charge in [-0.2, -0.15) is 0 Å². The summed E-state index contributed by atoms with van der Waals surface area (Å²) in [5.41, 5.74) is 1.48. The Kier molecular flexibility index (Phi) is 6.14. The number of nitrogens with one attached hydrogen (secondary N) is 2. The molecule has 3 heterocycles. The summed E-state index contributed by atoms with van der Waals surface area (Å²) in [6, 6.07) is 0.148. The van der Waals surface area contributed by atoms with Gasteiger partial charge in [-0.1, -0.05) is 0 Å². The number of hydrogen-bond donors (Lipinski definition) is 4. The molecule has 0 radical (unpaired) electrons. The van der Waals surface area contributed by atoms with E-state index >= 15 is 0 Å². The summed E-state index contributed by atoms with van der Waals surface area (Å²) in [6.45, 7) is 3.32. The minimum atomic E-state index is -1.26. The van der Waals surface area contributed by atoms with Gasteiger partial charge < -0.3 is 25.7 Å². The molecular weight excluding hydrogens is 330 g/mol. The molecule has 0 spiro atoms. The summed E-state index contributed by atoms with van der Waals surface area (Å²) in [4.78, 5) is 41.3. The summed E-state index contributed by atoms with van der Waals surface area (Å²) in [6.07, 6.45) is 2.77. The van der Waals surface area contributed by atoms with E-state index in [2.05, 4.69) is 20.6 Å². The molecule has 0 saturated carbocycles. The third kappa shape index (κ3) is 5.06. The number of nitrogens with zero attached hydrogens (tertiary/aromatic N) is 3. The predicted molar refractivity (Wildman–Crippen MR) is 85.9 cm³/mol. The van der Waals surface area contributed by atoms with Crippen LogP contribution in [-0.4, -0.2) is 69.6 Å². The van der Waals surface area contributed by atoms with Crippen molar-refractivity contribution in [2.24, 2.45) is 0 Å². The van der Waals surface area contributed by atoms with E-state index in [1.165, 1.54) is 0 Å². The zero-order chi connectivity index (χ0) is 18.4. The molecule has 2 aliphatic heterocycles. The number of carbonyl (C=O) groups excluding carboxylic acids is 1. The maximum Gasteiger partial charge on any atom is 0.328 e. The number of carbonyl (C=O) groups is 3. The number of aliphatic carboxylic acids is 2. The molecule has 2 aliphatic rings. The van der Waals surface area contributed by atoms with Crippen LogP contribution in [0.5, 0.6) is 0 Å². The quantitative estimate of drug-likeness (QED) is 0.505. The number of amides is 1. The number of aromatic nitrogens is 2. The van der Waals surface area contributed by atoms with Crippen molar-refractivity contribution in [3.8, 4) is 0 Å². The van der Waals surface area contributed by atoms with E-state index in [1.54, 1.807) is 18.1 Å². The first kappa shape index (κ1) is 18.5. The van der Waals surface area contributed by atoms with Crippen LogP contribution in [0.3, 0.4) is 0 Å². The molecule has 4 N–H and O–H groups in total. The normalized spacial score (nSPS) is 19.3. The summed E-state index contributed by atoms with van der Waals surface area (Å²) in [5, 5.41) is 22.3. The Morgan fingerprint density at radius 2 is 1.96 bits per heavy atom. The number of hydrogen-bond acceptors (Lipinski definition) is 7. The van der Waals surface area contributed by atoms with Gasteiger partial charge >= 0.3 is 11.9 Å². The molecule has 1 fully saturated rings. The number of rotatable bonds is 3. The Morgan fingerprint density at radius 1 is 1.28 bits per heavy atom. The van der Waals surface area contributed by atoms with Crippen LogP contribution in [0, 0.1) is 0 Å². The van der Waals surface area contributed by atoms with Gasteiger partial charge in [-0.05, 0) is 0 Å². The first-order chi connectivity index (χ1) is 11.9. The van der Waals surface area contributed by atoms with E-state index in [1.807, 2.05) is 0 Å². The van der Waals surface area contributed by atoms with Crippen molar-refractivity contribution < 1.29 is 24.6 Å².